The number of hydrogen-bond donors (Lipinski definition) is 2. The fourth-order valence-electron chi connectivity index (χ4n) is 2.19. The van der Waals surface area contributed by atoms with E-state index in [1.807, 2.05) is 12.1 Å². The van der Waals surface area contributed by atoms with Gasteiger partial charge >= 0.3 is 0 Å². The zero-order chi connectivity index (χ0) is 11.9. The molecule has 0 amide bonds. The summed E-state index contributed by atoms with van der Waals surface area (Å²) in [5, 5.41) is 0. The predicted octanol–water partition coefficient (Wildman–Crippen LogP) is 1.77. The Labute approximate surface area is 100 Å². The first-order valence-corrected chi connectivity index (χ1v) is 5.93. The molecule has 2 aromatic heterocycles. The second-order valence-corrected chi connectivity index (χ2v) is 4.78. The molecule has 0 aliphatic heterocycles. The number of nitrogens with one attached hydrogen (secondary N) is 1. The fourth-order valence-corrected chi connectivity index (χ4v) is 2.19. The van der Waals surface area contributed by atoms with E-state index in [-0.39, 0.29) is 5.41 Å². The Hall–Kier alpha value is -1.68. The van der Waals surface area contributed by atoms with Crippen LogP contribution in [0.15, 0.2) is 24.5 Å². The zero-order valence-electron chi connectivity index (χ0n) is 9.90. The summed E-state index contributed by atoms with van der Waals surface area (Å²) in [6.07, 6.45) is 5.87. The highest BCUT2D eigenvalue weighted by molar-refractivity contribution is 5.61. The molecule has 1 aliphatic rings. The van der Waals surface area contributed by atoms with Crippen LogP contribution in [0.1, 0.15) is 24.4 Å². The Morgan fingerprint density at radius 2 is 2.06 bits per heavy atom. The van der Waals surface area contributed by atoms with Gasteiger partial charge < -0.3 is 10.7 Å². The molecule has 17 heavy (non-hydrogen) atoms. The normalized spacial score (nSPS) is 17.1. The molecule has 3 N–H and O–H groups in total. The molecule has 0 spiro atoms. The monoisotopic (exact) mass is 228 g/mol. The summed E-state index contributed by atoms with van der Waals surface area (Å²) in [5.74, 6) is 1.05. The topological polar surface area (TPSA) is 67.6 Å². The third-order valence-electron chi connectivity index (χ3n) is 3.59. The van der Waals surface area contributed by atoms with Gasteiger partial charge in [-0.15, -0.1) is 0 Å². The summed E-state index contributed by atoms with van der Waals surface area (Å²) < 4.78 is 0. The van der Waals surface area contributed by atoms with Crippen LogP contribution in [-0.4, -0.2) is 21.5 Å². The van der Waals surface area contributed by atoms with Gasteiger partial charge in [-0.05, 0) is 31.9 Å². The van der Waals surface area contributed by atoms with Crippen molar-refractivity contribution < 1.29 is 0 Å². The number of hydrogen-bond acceptors (Lipinski definition) is 3. The molecule has 0 radical (unpaired) electrons. The van der Waals surface area contributed by atoms with E-state index in [2.05, 4.69) is 16.9 Å². The van der Waals surface area contributed by atoms with Gasteiger partial charge in [0.1, 0.15) is 5.82 Å². The smallest absolute Gasteiger partial charge is 0.114 e. The average Bonchev–Trinajstić information content (AvgIpc) is 3.08. The van der Waals surface area contributed by atoms with E-state index in [9.17, 15) is 0 Å². The van der Waals surface area contributed by atoms with Crippen LogP contribution in [0.3, 0.4) is 0 Å². The zero-order valence-corrected chi connectivity index (χ0v) is 9.90. The highest BCUT2D eigenvalue weighted by Crippen LogP contribution is 2.46. The lowest BCUT2D eigenvalue weighted by molar-refractivity contribution is 0.658. The predicted molar refractivity (Wildman–Crippen MR) is 66.5 cm³/mol. The van der Waals surface area contributed by atoms with Crippen molar-refractivity contribution in [3.8, 4) is 11.3 Å². The van der Waals surface area contributed by atoms with Crippen molar-refractivity contribution in [3.05, 3.63) is 36.0 Å². The van der Waals surface area contributed by atoms with E-state index in [0.717, 1.165) is 35.6 Å². The van der Waals surface area contributed by atoms with E-state index >= 15 is 0 Å². The van der Waals surface area contributed by atoms with E-state index in [1.54, 1.807) is 12.4 Å². The van der Waals surface area contributed by atoms with Gasteiger partial charge in [0.2, 0.25) is 0 Å². The molecule has 0 saturated heterocycles. The quantitative estimate of drug-likeness (QED) is 0.841. The molecule has 88 valence electrons. The van der Waals surface area contributed by atoms with Crippen molar-refractivity contribution in [2.45, 2.75) is 25.2 Å². The number of H-pyrrole nitrogens is 1. The molecule has 0 unspecified atom stereocenters. The first kappa shape index (κ1) is 10.5. The first-order valence-electron chi connectivity index (χ1n) is 5.93. The summed E-state index contributed by atoms with van der Waals surface area (Å²) in [5.41, 5.74) is 9.17. The lowest BCUT2D eigenvalue weighted by Gasteiger charge is -2.07. The molecule has 2 heterocycles. The van der Waals surface area contributed by atoms with Crippen molar-refractivity contribution in [2.24, 2.45) is 5.73 Å². The molecule has 2 aromatic rings. The summed E-state index contributed by atoms with van der Waals surface area (Å²) in [4.78, 5) is 12.1. The second-order valence-electron chi connectivity index (χ2n) is 4.78. The number of nitrogens with zero attached hydrogens (tertiary/aromatic N) is 2. The van der Waals surface area contributed by atoms with Gasteiger partial charge in [0.25, 0.3) is 0 Å². The number of imidazole rings is 1. The number of pyridine rings is 1. The van der Waals surface area contributed by atoms with Gasteiger partial charge in [-0.2, -0.15) is 0 Å². The van der Waals surface area contributed by atoms with Gasteiger partial charge in [0.05, 0.1) is 5.69 Å². The molecule has 3 rings (SSSR count). The molecule has 0 bridgehead atoms. The Morgan fingerprint density at radius 3 is 2.65 bits per heavy atom. The van der Waals surface area contributed by atoms with Gasteiger partial charge in [0.15, 0.2) is 0 Å². The summed E-state index contributed by atoms with van der Waals surface area (Å²) in [6.45, 7) is 2.73. The van der Waals surface area contributed by atoms with Crippen LogP contribution in [0, 0.1) is 6.92 Å². The molecule has 1 aliphatic carbocycles. The van der Waals surface area contributed by atoms with Crippen LogP contribution in [-0.2, 0) is 5.41 Å². The van der Waals surface area contributed by atoms with Gasteiger partial charge in [-0.25, -0.2) is 4.98 Å². The summed E-state index contributed by atoms with van der Waals surface area (Å²) >= 11 is 0. The van der Waals surface area contributed by atoms with E-state index in [4.69, 9.17) is 10.7 Å². The fraction of sp³-hybridized carbons (Fsp3) is 0.385. The number of aromatic nitrogens is 3. The maximum atomic E-state index is 5.83. The molecule has 4 heteroatoms. The minimum Gasteiger partial charge on any atom is -0.345 e. The molecule has 1 fully saturated rings. The van der Waals surface area contributed by atoms with Crippen molar-refractivity contribution in [1.82, 2.24) is 15.0 Å². The maximum Gasteiger partial charge on any atom is 0.114 e. The minimum absolute atomic E-state index is 0.121. The van der Waals surface area contributed by atoms with Crippen LogP contribution in [0.5, 0.6) is 0 Å². The number of rotatable bonds is 3. The largest absolute Gasteiger partial charge is 0.345 e. The van der Waals surface area contributed by atoms with E-state index < -0.39 is 0 Å². The molecule has 0 atom stereocenters. The SMILES string of the molecule is Cc1[nH]c(C2(CN)CC2)nc1-c1ccncc1. The first-order chi connectivity index (χ1) is 8.25. The Balaban J connectivity index is 2.03. The number of nitrogens with two attached hydrogens (primary N) is 1. The maximum absolute atomic E-state index is 5.83. The van der Waals surface area contributed by atoms with Crippen LogP contribution in [0.25, 0.3) is 11.3 Å². The summed E-state index contributed by atoms with van der Waals surface area (Å²) in [7, 11) is 0. The highest BCUT2D eigenvalue weighted by atomic mass is 15.0. The van der Waals surface area contributed by atoms with Crippen LogP contribution >= 0.6 is 0 Å². The number of aromatic amines is 1. The Bertz CT molecular complexity index is 526. The van der Waals surface area contributed by atoms with Crippen LogP contribution in [0.4, 0.5) is 0 Å². The molecule has 0 aromatic carbocycles. The van der Waals surface area contributed by atoms with Gasteiger partial charge in [0, 0.05) is 35.6 Å². The lowest BCUT2D eigenvalue weighted by Crippen LogP contribution is -2.21. The molecule has 1 saturated carbocycles. The number of aryl methyl sites for hydroxylation is 1. The summed E-state index contributed by atoms with van der Waals surface area (Å²) in [6, 6.07) is 3.96. The van der Waals surface area contributed by atoms with Crippen molar-refractivity contribution in [2.75, 3.05) is 6.54 Å². The minimum atomic E-state index is 0.121. The van der Waals surface area contributed by atoms with Gasteiger partial charge in [-0.3, -0.25) is 4.98 Å². The van der Waals surface area contributed by atoms with Crippen LogP contribution in [0.2, 0.25) is 0 Å². The van der Waals surface area contributed by atoms with E-state index in [0.29, 0.717) is 6.54 Å². The van der Waals surface area contributed by atoms with E-state index in [1.165, 1.54) is 0 Å². The Morgan fingerprint density at radius 1 is 1.35 bits per heavy atom. The van der Waals surface area contributed by atoms with Gasteiger partial charge in [-0.1, -0.05) is 0 Å². The second kappa shape index (κ2) is 3.67. The molecular weight excluding hydrogens is 212 g/mol. The average molecular weight is 228 g/mol. The van der Waals surface area contributed by atoms with Crippen molar-refractivity contribution in [1.29, 1.82) is 0 Å². The third kappa shape index (κ3) is 1.65. The Kier molecular flexibility index (Phi) is 2.26. The lowest BCUT2D eigenvalue weighted by atomic mass is 10.1. The van der Waals surface area contributed by atoms with Crippen molar-refractivity contribution in [3.63, 3.8) is 0 Å². The molecule has 4 nitrogen and oxygen atoms in total. The standard InChI is InChI=1S/C13H16N4/c1-9-11(10-2-6-15-7-3-10)17-12(16-9)13(8-14)4-5-13/h2-3,6-7H,4-5,8,14H2,1H3,(H,16,17). The third-order valence-corrected chi connectivity index (χ3v) is 3.59. The molecular formula is C13H16N4. The van der Waals surface area contributed by atoms with Crippen LogP contribution < -0.4 is 5.73 Å². The highest BCUT2D eigenvalue weighted by Gasteiger charge is 2.45. The van der Waals surface area contributed by atoms with Crippen molar-refractivity contribution >= 4 is 0 Å².